The molecule has 5 heteroatoms. The standard InChI is InChI=1S/C16H15F2NO2/c1-9-7-15(18)13(8-14(9)17)10(2)19-12-5-3-11(4-6-12)16(20)21/h3-8,10,19H,1-2H3,(H,20,21). The Morgan fingerprint density at radius 1 is 1.14 bits per heavy atom. The molecule has 0 saturated carbocycles. The quantitative estimate of drug-likeness (QED) is 0.890. The van der Waals surface area contributed by atoms with Gasteiger partial charge in [-0.2, -0.15) is 0 Å². The lowest BCUT2D eigenvalue weighted by molar-refractivity contribution is 0.0697. The number of benzene rings is 2. The summed E-state index contributed by atoms with van der Waals surface area (Å²) in [4.78, 5) is 10.8. The molecule has 1 atom stereocenters. The van der Waals surface area contributed by atoms with E-state index in [0.717, 1.165) is 6.07 Å². The molecule has 0 heterocycles. The number of hydrogen-bond acceptors (Lipinski definition) is 2. The SMILES string of the molecule is Cc1cc(F)c(C(C)Nc2ccc(C(=O)O)cc2)cc1F. The van der Waals surface area contributed by atoms with E-state index in [9.17, 15) is 13.6 Å². The van der Waals surface area contributed by atoms with Crippen LogP contribution in [-0.4, -0.2) is 11.1 Å². The van der Waals surface area contributed by atoms with E-state index in [-0.39, 0.29) is 16.7 Å². The van der Waals surface area contributed by atoms with Crippen LogP contribution in [-0.2, 0) is 0 Å². The van der Waals surface area contributed by atoms with Gasteiger partial charge in [0.15, 0.2) is 0 Å². The van der Waals surface area contributed by atoms with Crippen molar-refractivity contribution in [2.45, 2.75) is 19.9 Å². The molecule has 21 heavy (non-hydrogen) atoms. The second-order valence-electron chi connectivity index (χ2n) is 4.87. The first-order chi connectivity index (χ1) is 9.88. The third-order valence-corrected chi connectivity index (χ3v) is 3.26. The number of hydrogen-bond donors (Lipinski definition) is 2. The Morgan fingerprint density at radius 3 is 2.33 bits per heavy atom. The topological polar surface area (TPSA) is 49.3 Å². The zero-order valence-corrected chi connectivity index (χ0v) is 11.7. The summed E-state index contributed by atoms with van der Waals surface area (Å²) in [6.45, 7) is 3.21. The van der Waals surface area contributed by atoms with Crippen LogP contribution in [0.15, 0.2) is 36.4 Å². The average molecular weight is 291 g/mol. The molecule has 0 amide bonds. The number of anilines is 1. The molecule has 0 radical (unpaired) electrons. The Balaban J connectivity index is 2.19. The van der Waals surface area contributed by atoms with E-state index in [1.807, 2.05) is 0 Å². The van der Waals surface area contributed by atoms with Crippen molar-refractivity contribution in [1.29, 1.82) is 0 Å². The fraction of sp³-hybridized carbons (Fsp3) is 0.188. The van der Waals surface area contributed by atoms with Gasteiger partial charge in [-0.1, -0.05) is 0 Å². The number of carboxylic acids is 1. The minimum atomic E-state index is -1.01. The highest BCUT2D eigenvalue weighted by Gasteiger charge is 2.14. The molecule has 2 aromatic carbocycles. The van der Waals surface area contributed by atoms with E-state index in [4.69, 9.17) is 5.11 Å². The van der Waals surface area contributed by atoms with Crippen LogP contribution in [0.5, 0.6) is 0 Å². The van der Waals surface area contributed by atoms with Crippen molar-refractivity contribution < 1.29 is 18.7 Å². The zero-order valence-electron chi connectivity index (χ0n) is 11.7. The molecule has 2 N–H and O–H groups in total. The molecule has 3 nitrogen and oxygen atoms in total. The number of aryl methyl sites for hydroxylation is 1. The van der Waals surface area contributed by atoms with Crippen LogP contribution in [0, 0.1) is 18.6 Å². The van der Waals surface area contributed by atoms with Crippen LogP contribution in [0.3, 0.4) is 0 Å². The number of aromatic carboxylic acids is 1. The van der Waals surface area contributed by atoms with Gasteiger partial charge in [0.1, 0.15) is 11.6 Å². The van der Waals surface area contributed by atoms with Crippen LogP contribution < -0.4 is 5.32 Å². The van der Waals surface area contributed by atoms with Gasteiger partial charge in [0.2, 0.25) is 0 Å². The van der Waals surface area contributed by atoms with E-state index < -0.39 is 23.6 Å². The normalized spacial score (nSPS) is 12.0. The average Bonchev–Trinajstić information content (AvgIpc) is 2.43. The van der Waals surface area contributed by atoms with Gasteiger partial charge in [-0.3, -0.25) is 0 Å². The van der Waals surface area contributed by atoms with Gasteiger partial charge < -0.3 is 10.4 Å². The Bertz CT molecular complexity index is 669. The van der Waals surface area contributed by atoms with E-state index in [2.05, 4.69) is 5.32 Å². The van der Waals surface area contributed by atoms with Crippen molar-refractivity contribution in [3.63, 3.8) is 0 Å². The largest absolute Gasteiger partial charge is 0.478 e. The van der Waals surface area contributed by atoms with E-state index in [0.29, 0.717) is 5.69 Å². The molecule has 110 valence electrons. The molecule has 2 aromatic rings. The lowest BCUT2D eigenvalue weighted by Crippen LogP contribution is -2.10. The molecule has 0 aromatic heterocycles. The van der Waals surface area contributed by atoms with Gasteiger partial charge in [-0.05, 0) is 55.8 Å². The summed E-state index contributed by atoms with van der Waals surface area (Å²) in [6.07, 6.45) is 0. The van der Waals surface area contributed by atoms with Crippen LogP contribution in [0.2, 0.25) is 0 Å². The predicted molar refractivity (Wildman–Crippen MR) is 76.5 cm³/mol. The Kier molecular flexibility index (Phi) is 4.21. The van der Waals surface area contributed by atoms with Crippen LogP contribution in [0.25, 0.3) is 0 Å². The number of halogens is 2. The molecule has 0 saturated heterocycles. The summed E-state index contributed by atoms with van der Waals surface area (Å²) in [5, 5.41) is 11.8. The molecule has 0 spiro atoms. The second-order valence-corrected chi connectivity index (χ2v) is 4.87. The Labute approximate surface area is 121 Å². The predicted octanol–water partition coefficient (Wildman–Crippen LogP) is 4.14. The van der Waals surface area contributed by atoms with Crippen molar-refractivity contribution in [2.24, 2.45) is 0 Å². The summed E-state index contributed by atoms with van der Waals surface area (Å²) >= 11 is 0. The van der Waals surface area contributed by atoms with Crippen LogP contribution >= 0.6 is 0 Å². The third-order valence-electron chi connectivity index (χ3n) is 3.26. The van der Waals surface area contributed by atoms with Gasteiger partial charge in [0.05, 0.1) is 11.6 Å². The number of nitrogens with one attached hydrogen (secondary N) is 1. The monoisotopic (exact) mass is 291 g/mol. The molecular formula is C16H15F2NO2. The van der Waals surface area contributed by atoms with E-state index >= 15 is 0 Å². The smallest absolute Gasteiger partial charge is 0.335 e. The molecule has 0 aliphatic rings. The minimum absolute atomic E-state index is 0.167. The van der Waals surface area contributed by atoms with E-state index in [1.54, 1.807) is 19.1 Å². The maximum Gasteiger partial charge on any atom is 0.335 e. The fourth-order valence-electron chi connectivity index (χ4n) is 2.03. The molecule has 2 rings (SSSR count). The molecule has 1 unspecified atom stereocenters. The van der Waals surface area contributed by atoms with Gasteiger partial charge in [-0.15, -0.1) is 0 Å². The minimum Gasteiger partial charge on any atom is -0.478 e. The van der Waals surface area contributed by atoms with E-state index in [1.165, 1.54) is 25.1 Å². The van der Waals surface area contributed by atoms with Gasteiger partial charge in [0.25, 0.3) is 0 Å². The maximum atomic E-state index is 13.9. The van der Waals surface area contributed by atoms with Gasteiger partial charge >= 0.3 is 5.97 Å². The van der Waals surface area contributed by atoms with Crippen molar-refractivity contribution >= 4 is 11.7 Å². The first-order valence-corrected chi connectivity index (χ1v) is 6.44. The van der Waals surface area contributed by atoms with Crippen molar-refractivity contribution in [2.75, 3.05) is 5.32 Å². The Hall–Kier alpha value is -2.43. The highest BCUT2D eigenvalue weighted by atomic mass is 19.1. The summed E-state index contributed by atoms with van der Waals surface area (Å²) in [7, 11) is 0. The Morgan fingerprint density at radius 2 is 1.76 bits per heavy atom. The molecule has 0 aliphatic heterocycles. The number of carbonyl (C=O) groups is 1. The molecule has 0 fully saturated rings. The molecule has 0 aliphatic carbocycles. The molecular weight excluding hydrogens is 276 g/mol. The zero-order chi connectivity index (χ0) is 15.6. The highest BCUT2D eigenvalue weighted by Crippen LogP contribution is 2.24. The lowest BCUT2D eigenvalue weighted by atomic mass is 10.0. The summed E-state index contributed by atoms with van der Waals surface area (Å²) in [5.41, 5.74) is 1.28. The van der Waals surface area contributed by atoms with Gasteiger partial charge in [-0.25, -0.2) is 13.6 Å². The van der Waals surface area contributed by atoms with Crippen molar-refractivity contribution in [3.8, 4) is 0 Å². The number of carboxylic acid groups (broad SMARTS) is 1. The second kappa shape index (κ2) is 5.91. The fourth-order valence-corrected chi connectivity index (χ4v) is 2.03. The first-order valence-electron chi connectivity index (χ1n) is 6.44. The van der Waals surface area contributed by atoms with Crippen LogP contribution in [0.1, 0.15) is 34.5 Å². The summed E-state index contributed by atoms with van der Waals surface area (Å²) in [6, 6.07) is 7.96. The highest BCUT2D eigenvalue weighted by molar-refractivity contribution is 5.88. The maximum absolute atomic E-state index is 13.9. The third kappa shape index (κ3) is 3.37. The van der Waals surface area contributed by atoms with Gasteiger partial charge in [0, 0.05) is 11.3 Å². The summed E-state index contributed by atoms with van der Waals surface area (Å²) in [5.74, 6) is -1.95. The first kappa shape index (κ1) is 15.0. The summed E-state index contributed by atoms with van der Waals surface area (Å²) < 4.78 is 27.4. The van der Waals surface area contributed by atoms with Crippen molar-refractivity contribution in [1.82, 2.24) is 0 Å². The van der Waals surface area contributed by atoms with Crippen LogP contribution in [0.4, 0.5) is 14.5 Å². The molecule has 0 bridgehead atoms. The lowest BCUT2D eigenvalue weighted by Gasteiger charge is -2.17. The number of rotatable bonds is 4. The van der Waals surface area contributed by atoms with Crippen molar-refractivity contribution in [3.05, 3.63) is 64.7 Å².